The maximum absolute atomic E-state index is 12.2. The van der Waals surface area contributed by atoms with E-state index in [4.69, 9.17) is 11.5 Å². The zero-order chi connectivity index (χ0) is 13.5. The number of nitrogens with zero attached hydrogens (tertiary/aromatic N) is 1. The summed E-state index contributed by atoms with van der Waals surface area (Å²) in [7, 11) is 0. The van der Waals surface area contributed by atoms with Crippen molar-refractivity contribution in [2.75, 3.05) is 18.0 Å². The SMILES string of the molecule is CC(CN)C(=O)N(CCC(N)=O)c1ccccc1. The smallest absolute Gasteiger partial charge is 0.231 e. The molecule has 0 radical (unpaired) electrons. The van der Waals surface area contributed by atoms with Gasteiger partial charge in [0.2, 0.25) is 11.8 Å². The summed E-state index contributed by atoms with van der Waals surface area (Å²) >= 11 is 0. The highest BCUT2D eigenvalue weighted by atomic mass is 16.2. The molecule has 1 aromatic carbocycles. The summed E-state index contributed by atoms with van der Waals surface area (Å²) in [5, 5.41) is 0. The van der Waals surface area contributed by atoms with E-state index in [2.05, 4.69) is 0 Å². The number of para-hydroxylation sites is 1. The third-order valence-corrected chi connectivity index (χ3v) is 2.69. The fourth-order valence-electron chi connectivity index (χ4n) is 1.56. The van der Waals surface area contributed by atoms with Gasteiger partial charge in [-0.2, -0.15) is 0 Å². The first-order valence-electron chi connectivity index (χ1n) is 5.91. The molecule has 4 N–H and O–H groups in total. The van der Waals surface area contributed by atoms with Crippen molar-refractivity contribution in [1.82, 2.24) is 0 Å². The first-order valence-corrected chi connectivity index (χ1v) is 5.91. The summed E-state index contributed by atoms with van der Waals surface area (Å²) in [6.45, 7) is 2.32. The lowest BCUT2D eigenvalue weighted by Crippen LogP contribution is -2.39. The van der Waals surface area contributed by atoms with Gasteiger partial charge in [-0.1, -0.05) is 25.1 Å². The third-order valence-electron chi connectivity index (χ3n) is 2.69. The quantitative estimate of drug-likeness (QED) is 0.768. The molecular weight excluding hydrogens is 230 g/mol. The molecule has 1 unspecified atom stereocenters. The van der Waals surface area contributed by atoms with Crippen LogP contribution in [0.25, 0.3) is 0 Å². The summed E-state index contributed by atoms with van der Waals surface area (Å²) in [6, 6.07) is 9.19. The van der Waals surface area contributed by atoms with Crippen LogP contribution in [0.15, 0.2) is 30.3 Å². The molecule has 0 saturated heterocycles. The van der Waals surface area contributed by atoms with Gasteiger partial charge in [0.05, 0.1) is 0 Å². The van der Waals surface area contributed by atoms with Gasteiger partial charge in [0.25, 0.3) is 0 Å². The topological polar surface area (TPSA) is 89.4 Å². The highest BCUT2D eigenvalue weighted by molar-refractivity contribution is 5.95. The lowest BCUT2D eigenvalue weighted by molar-refractivity contribution is -0.121. The van der Waals surface area contributed by atoms with Gasteiger partial charge in [0, 0.05) is 31.1 Å². The number of nitrogens with two attached hydrogens (primary N) is 2. The van der Waals surface area contributed by atoms with Crippen molar-refractivity contribution in [3.8, 4) is 0 Å². The Morgan fingerprint density at radius 2 is 1.89 bits per heavy atom. The molecule has 0 spiro atoms. The predicted octanol–water partition coefficient (Wildman–Crippen LogP) is 0.490. The Hall–Kier alpha value is -1.88. The van der Waals surface area contributed by atoms with Crippen LogP contribution in [0.4, 0.5) is 5.69 Å². The highest BCUT2D eigenvalue weighted by Gasteiger charge is 2.20. The van der Waals surface area contributed by atoms with Crippen LogP contribution in [0.1, 0.15) is 13.3 Å². The maximum Gasteiger partial charge on any atom is 0.231 e. The summed E-state index contributed by atoms with van der Waals surface area (Å²) < 4.78 is 0. The molecule has 1 rings (SSSR count). The van der Waals surface area contributed by atoms with Gasteiger partial charge in [0.15, 0.2) is 0 Å². The molecule has 98 valence electrons. The Bertz CT molecular complexity index is 406. The maximum atomic E-state index is 12.2. The summed E-state index contributed by atoms with van der Waals surface area (Å²) in [6.07, 6.45) is 0.137. The zero-order valence-electron chi connectivity index (χ0n) is 10.5. The van der Waals surface area contributed by atoms with Crippen molar-refractivity contribution in [3.63, 3.8) is 0 Å². The molecule has 0 aliphatic rings. The van der Waals surface area contributed by atoms with Crippen molar-refractivity contribution in [2.24, 2.45) is 17.4 Å². The predicted molar refractivity (Wildman–Crippen MR) is 70.8 cm³/mol. The van der Waals surface area contributed by atoms with E-state index in [0.29, 0.717) is 0 Å². The first kappa shape index (κ1) is 14.2. The van der Waals surface area contributed by atoms with Crippen molar-refractivity contribution in [3.05, 3.63) is 30.3 Å². The fraction of sp³-hybridized carbons (Fsp3) is 0.385. The van der Waals surface area contributed by atoms with Crippen LogP contribution >= 0.6 is 0 Å². The molecule has 0 aliphatic carbocycles. The number of hydrogen-bond acceptors (Lipinski definition) is 3. The number of amides is 2. The molecule has 0 heterocycles. The molecule has 5 heteroatoms. The van der Waals surface area contributed by atoms with Crippen LogP contribution < -0.4 is 16.4 Å². The number of benzene rings is 1. The molecule has 0 aliphatic heterocycles. The van der Waals surface area contributed by atoms with Crippen molar-refractivity contribution < 1.29 is 9.59 Å². The Labute approximate surface area is 107 Å². The number of primary amides is 1. The standard InChI is InChI=1S/C13H19N3O2/c1-10(9-14)13(18)16(8-7-12(15)17)11-5-3-2-4-6-11/h2-6,10H,7-9,14H2,1H3,(H2,15,17). The van der Waals surface area contributed by atoms with Gasteiger partial charge in [-0.15, -0.1) is 0 Å². The highest BCUT2D eigenvalue weighted by Crippen LogP contribution is 2.16. The minimum atomic E-state index is -0.427. The van der Waals surface area contributed by atoms with E-state index in [1.54, 1.807) is 11.8 Å². The van der Waals surface area contributed by atoms with E-state index >= 15 is 0 Å². The normalized spacial score (nSPS) is 11.9. The van der Waals surface area contributed by atoms with E-state index in [-0.39, 0.29) is 31.3 Å². The minimum absolute atomic E-state index is 0.0926. The van der Waals surface area contributed by atoms with Gasteiger partial charge in [-0.3, -0.25) is 9.59 Å². The number of carbonyl (C=O) groups excluding carboxylic acids is 2. The molecule has 5 nitrogen and oxygen atoms in total. The van der Waals surface area contributed by atoms with Crippen molar-refractivity contribution in [1.29, 1.82) is 0 Å². The van der Waals surface area contributed by atoms with E-state index < -0.39 is 5.91 Å². The van der Waals surface area contributed by atoms with Crippen LogP contribution in [-0.2, 0) is 9.59 Å². The van der Waals surface area contributed by atoms with Crippen LogP contribution in [0.5, 0.6) is 0 Å². The summed E-state index contributed by atoms with van der Waals surface area (Å²) in [5.41, 5.74) is 11.4. The summed E-state index contributed by atoms with van der Waals surface area (Å²) in [5.74, 6) is -0.799. The molecule has 0 saturated carbocycles. The molecule has 0 bridgehead atoms. The van der Waals surface area contributed by atoms with Gasteiger partial charge >= 0.3 is 0 Å². The van der Waals surface area contributed by atoms with Crippen LogP contribution in [0, 0.1) is 5.92 Å². The Balaban J connectivity index is 2.88. The van der Waals surface area contributed by atoms with Gasteiger partial charge in [0.1, 0.15) is 0 Å². The number of carbonyl (C=O) groups is 2. The molecule has 2 amide bonds. The largest absolute Gasteiger partial charge is 0.370 e. The van der Waals surface area contributed by atoms with Crippen molar-refractivity contribution in [2.45, 2.75) is 13.3 Å². The minimum Gasteiger partial charge on any atom is -0.370 e. The number of anilines is 1. The van der Waals surface area contributed by atoms with Gasteiger partial charge < -0.3 is 16.4 Å². The first-order chi connectivity index (χ1) is 8.56. The monoisotopic (exact) mass is 249 g/mol. The second-order valence-corrected chi connectivity index (χ2v) is 4.18. The molecular formula is C13H19N3O2. The molecule has 1 atom stereocenters. The second-order valence-electron chi connectivity index (χ2n) is 4.18. The van der Waals surface area contributed by atoms with Gasteiger partial charge in [-0.25, -0.2) is 0 Å². The summed E-state index contributed by atoms with van der Waals surface area (Å²) in [4.78, 5) is 24.6. The number of hydrogen-bond donors (Lipinski definition) is 2. The third kappa shape index (κ3) is 3.85. The Morgan fingerprint density at radius 1 is 1.28 bits per heavy atom. The van der Waals surface area contributed by atoms with Crippen LogP contribution in [0.2, 0.25) is 0 Å². The second kappa shape index (κ2) is 6.76. The lowest BCUT2D eigenvalue weighted by Gasteiger charge is -2.25. The fourth-order valence-corrected chi connectivity index (χ4v) is 1.56. The average Bonchev–Trinajstić information content (AvgIpc) is 2.38. The molecule has 18 heavy (non-hydrogen) atoms. The van der Waals surface area contributed by atoms with Crippen LogP contribution in [0.3, 0.4) is 0 Å². The lowest BCUT2D eigenvalue weighted by atomic mass is 10.1. The van der Waals surface area contributed by atoms with E-state index in [0.717, 1.165) is 5.69 Å². The van der Waals surface area contributed by atoms with Crippen molar-refractivity contribution >= 4 is 17.5 Å². The number of rotatable bonds is 6. The Kier molecular flexibility index (Phi) is 5.32. The van der Waals surface area contributed by atoms with E-state index in [1.807, 2.05) is 30.3 Å². The molecule has 0 aromatic heterocycles. The molecule has 0 fully saturated rings. The van der Waals surface area contributed by atoms with E-state index in [9.17, 15) is 9.59 Å². The zero-order valence-corrected chi connectivity index (χ0v) is 10.5. The molecule has 1 aromatic rings. The Morgan fingerprint density at radius 3 is 2.39 bits per heavy atom. The average molecular weight is 249 g/mol. The van der Waals surface area contributed by atoms with Crippen LogP contribution in [-0.4, -0.2) is 24.9 Å². The van der Waals surface area contributed by atoms with E-state index in [1.165, 1.54) is 0 Å². The van der Waals surface area contributed by atoms with Gasteiger partial charge in [-0.05, 0) is 12.1 Å².